The van der Waals surface area contributed by atoms with Crippen LogP contribution in [0, 0.1) is 0 Å². The second-order valence-electron chi connectivity index (χ2n) is 4.35. The number of hydrogen-bond acceptors (Lipinski definition) is 3. The van der Waals surface area contributed by atoms with Crippen LogP contribution in [0.2, 0.25) is 0 Å². The van der Waals surface area contributed by atoms with Gasteiger partial charge in [-0.3, -0.25) is 0 Å². The van der Waals surface area contributed by atoms with Crippen molar-refractivity contribution in [2.75, 3.05) is 7.11 Å². The number of ether oxygens (including phenoxy) is 2. The number of methoxy groups -OCH3 is 1. The first-order valence-electron chi connectivity index (χ1n) is 6.24. The van der Waals surface area contributed by atoms with Crippen molar-refractivity contribution in [1.29, 1.82) is 0 Å². The fourth-order valence-corrected chi connectivity index (χ4v) is 1.76. The van der Waals surface area contributed by atoms with Gasteiger partial charge in [0.25, 0.3) is 0 Å². The zero-order chi connectivity index (χ0) is 14.5. The Kier molecular flexibility index (Phi) is 4.25. The van der Waals surface area contributed by atoms with E-state index in [1.807, 2.05) is 36.4 Å². The number of benzene rings is 2. The molecule has 0 amide bonds. The van der Waals surface area contributed by atoms with Crippen LogP contribution in [0.4, 0.5) is 0 Å². The van der Waals surface area contributed by atoms with E-state index in [0.29, 0.717) is 5.75 Å². The zero-order valence-corrected chi connectivity index (χ0v) is 11.4. The van der Waals surface area contributed by atoms with Crippen LogP contribution in [-0.2, 0) is 4.79 Å². The number of carboxylic acid groups (broad SMARTS) is 1. The predicted octanol–water partition coefficient (Wildman–Crippen LogP) is 3.21. The summed E-state index contributed by atoms with van der Waals surface area (Å²) in [7, 11) is 1.63. The molecule has 0 radical (unpaired) electrons. The van der Waals surface area contributed by atoms with Gasteiger partial charge in [-0.2, -0.15) is 0 Å². The molecule has 0 saturated carbocycles. The Labute approximate surface area is 117 Å². The maximum absolute atomic E-state index is 10.7. The highest BCUT2D eigenvalue weighted by Crippen LogP contribution is 2.24. The lowest BCUT2D eigenvalue weighted by Crippen LogP contribution is -2.22. The maximum Gasteiger partial charge on any atom is 0.344 e. The summed E-state index contributed by atoms with van der Waals surface area (Å²) in [6.45, 7) is 1.50. The summed E-state index contributed by atoms with van der Waals surface area (Å²) in [5, 5.41) is 8.79. The average molecular weight is 272 g/mol. The molecule has 0 fully saturated rings. The van der Waals surface area contributed by atoms with Crippen LogP contribution in [0.5, 0.6) is 11.5 Å². The molecule has 0 spiro atoms. The van der Waals surface area contributed by atoms with Gasteiger partial charge in [-0.15, -0.1) is 0 Å². The van der Waals surface area contributed by atoms with Gasteiger partial charge in [0.1, 0.15) is 11.5 Å². The SMILES string of the molecule is COc1ccc(-c2ccc(OC(C)C(=O)O)cc2)cc1. The van der Waals surface area contributed by atoms with E-state index >= 15 is 0 Å². The summed E-state index contributed by atoms with van der Waals surface area (Å²) in [4.78, 5) is 10.7. The monoisotopic (exact) mass is 272 g/mol. The number of carbonyl (C=O) groups is 1. The fraction of sp³-hybridized carbons (Fsp3) is 0.188. The summed E-state index contributed by atoms with van der Waals surface area (Å²) in [5.41, 5.74) is 2.09. The van der Waals surface area contributed by atoms with Gasteiger partial charge in [0.05, 0.1) is 7.11 Å². The van der Waals surface area contributed by atoms with Crippen molar-refractivity contribution in [2.45, 2.75) is 13.0 Å². The summed E-state index contributed by atoms with van der Waals surface area (Å²) >= 11 is 0. The lowest BCUT2D eigenvalue weighted by atomic mass is 10.1. The molecule has 0 heterocycles. The molecule has 2 rings (SSSR count). The van der Waals surface area contributed by atoms with Crippen molar-refractivity contribution < 1.29 is 19.4 Å². The van der Waals surface area contributed by atoms with E-state index in [-0.39, 0.29) is 0 Å². The van der Waals surface area contributed by atoms with Crippen molar-refractivity contribution in [3.8, 4) is 22.6 Å². The van der Waals surface area contributed by atoms with E-state index in [1.165, 1.54) is 6.92 Å². The summed E-state index contributed by atoms with van der Waals surface area (Å²) in [6, 6.07) is 15.0. The van der Waals surface area contributed by atoms with Crippen molar-refractivity contribution in [1.82, 2.24) is 0 Å². The normalized spacial score (nSPS) is 11.7. The Hall–Kier alpha value is -2.49. The minimum absolute atomic E-state index is 0.539. The van der Waals surface area contributed by atoms with Gasteiger partial charge in [-0.25, -0.2) is 4.79 Å². The van der Waals surface area contributed by atoms with Gasteiger partial charge in [-0.05, 0) is 42.3 Å². The molecule has 20 heavy (non-hydrogen) atoms. The van der Waals surface area contributed by atoms with Gasteiger partial charge < -0.3 is 14.6 Å². The lowest BCUT2D eigenvalue weighted by Gasteiger charge is -2.11. The maximum atomic E-state index is 10.7. The van der Waals surface area contributed by atoms with Crippen LogP contribution in [0.25, 0.3) is 11.1 Å². The summed E-state index contributed by atoms with van der Waals surface area (Å²) in [5.74, 6) is 0.366. The molecule has 2 aromatic carbocycles. The smallest absolute Gasteiger partial charge is 0.344 e. The third kappa shape index (κ3) is 3.29. The predicted molar refractivity (Wildman–Crippen MR) is 76.2 cm³/mol. The fourth-order valence-electron chi connectivity index (χ4n) is 1.76. The largest absolute Gasteiger partial charge is 0.497 e. The molecule has 1 atom stereocenters. The Morgan fingerprint density at radius 1 is 0.950 bits per heavy atom. The summed E-state index contributed by atoms with van der Waals surface area (Å²) < 4.78 is 10.4. The third-order valence-electron chi connectivity index (χ3n) is 2.94. The number of hydrogen-bond donors (Lipinski definition) is 1. The molecule has 0 bridgehead atoms. The first-order valence-corrected chi connectivity index (χ1v) is 6.24. The second kappa shape index (κ2) is 6.10. The average Bonchev–Trinajstić information content (AvgIpc) is 2.48. The number of carboxylic acids is 1. The highest BCUT2D eigenvalue weighted by molar-refractivity contribution is 5.72. The van der Waals surface area contributed by atoms with E-state index in [0.717, 1.165) is 16.9 Å². The molecule has 1 N–H and O–H groups in total. The number of aliphatic carboxylic acids is 1. The molecule has 4 nitrogen and oxygen atoms in total. The molecule has 4 heteroatoms. The second-order valence-corrected chi connectivity index (χ2v) is 4.35. The van der Waals surface area contributed by atoms with Crippen LogP contribution in [0.1, 0.15) is 6.92 Å². The van der Waals surface area contributed by atoms with Crippen LogP contribution >= 0.6 is 0 Å². The van der Waals surface area contributed by atoms with Crippen LogP contribution in [0.15, 0.2) is 48.5 Å². The quantitative estimate of drug-likeness (QED) is 0.908. The molecular formula is C16H16O4. The first-order chi connectivity index (χ1) is 9.60. The molecule has 1 unspecified atom stereocenters. The lowest BCUT2D eigenvalue weighted by molar-refractivity contribution is -0.144. The van der Waals surface area contributed by atoms with E-state index < -0.39 is 12.1 Å². The van der Waals surface area contributed by atoms with Crippen LogP contribution < -0.4 is 9.47 Å². The van der Waals surface area contributed by atoms with Crippen molar-refractivity contribution >= 4 is 5.97 Å². The minimum Gasteiger partial charge on any atom is -0.497 e. The van der Waals surface area contributed by atoms with Gasteiger partial charge >= 0.3 is 5.97 Å². The van der Waals surface area contributed by atoms with Gasteiger partial charge in [0, 0.05) is 0 Å². The third-order valence-corrected chi connectivity index (χ3v) is 2.94. The Bertz CT molecular complexity index is 572. The molecule has 0 aromatic heterocycles. The number of rotatable bonds is 5. The molecule has 0 aliphatic heterocycles. The van der Waals surface area contributed by atoms with Crippen molar-refractivity contribution in [3.63, 3.8) is 0 Å². The molecule has 0 aliphatic carbocycles. The molecule has 2 aromatic rings. The van der Waals surface area contributed by atoms with E-state index in [4.69, 9.17) is 14.6 Å². The summed E-state index contributed by atoms with van der Waals surface area (Å²) in [6.07, 6.45) is -0.859. The topological polar surface area (TPSA) is 55.8 Å². The zero-order valence-electron chi connectivity index (χ0n) is 11.4. The van der Waals surface area contributed by atoms with E-state index in [1.54, 1.807) is 19.2 Å². The van der Waals surface area contributed by atoms with Gasteiger partial charge in [-0.1, -0.05) is 24.3 Å². The van der Waals surface area contributed by atoms with Crippen molar-refractivity contribution in [2.24, 2.45) is 0 Å². The molecule has 104 valence electrons. The van der Waals surface area contributed by atoms with Gasteiger partial charge in [0.15, 0.2) is 6.10 Å². The Morgan fingerprint density at radius 2 is 1.40 bits per heavy atom. The Balaban J connectivity index is 2.12. The standard InChI is InChI=1S/C16H16O4/c1-11(16(17)18)20-15-9-5-13(6-10-15)12-3-7-14(19-2)8-4-12/h3-11H,1-2H3,(H,17,18). The van der Waals surface area contributed by atoms with Crippen LogP contribution in [-0.4, -0.2) is 24.3 Å². The molecule has 0 saturated heterocycles. The van der Waals surface area contributed by atoms with E-state index in [2.05, 4.69) is 0 Å². The molecule has 0 aliphatic rings. The first kappa shape index (κ1) is 13.9. The Morgan fingerprint density at radius 3 is 1.80 bits per heavy atom. The highest BCUT2D eigenvalue weighted by atomic mass is 16.5. The minimum atomic E-state index is -0.982. The van der Waals surface area contributed by atoms with Gasteiger partial charge in [0.2, 0.25) is 0 Å². The molecular weight excluding hydrogens is 256 g/mol. The van der Waals surface area contributed by atoms with Crippen molar-refractivity contribution in [3.05, 3.63) is 48.5 Å². The van der Waals surface area contributed by atoms with Crippen LogP contribution in [0.3, 0.4) is 0 Å². The highest BCUT2D eigenvalue weighted by Gasteiger charge is 2.12. The van der Waals surface area contributed by atoms with E-state index in [9.17, 15) is 4.79 Å².